The van der Waals surface area contributed by atoms with E-state index in [1.165, 1.54) is 31.3 Å². The highest BCUT2D eigenvalue weighted by molar-refractivity contribution is 7.89. The molecule has 0 radical (unpaired) electrons. The summed E-state index contributed by atoms with van der Waals surface area (Å²) in [4.78, 5) is 16.7. The van der Waals surface area contributed by atoms with Gasteiger partial charge in [-0.15, -0.1) is 0 Å². The Kier molecular flexibility index (Phi) is 5.54. The van der Waals surface area contributed by atoms with Gasteiger partial charge in [-0.2, -0.15) is 4.98 Å². The van der Waals surface area contributed by atoms with E-state index in [-0.39, 0.29) is 16.3 Å². The monoisotopic (exact) mass is 406 g/mol. The number of sulfonamides is 1. The third-order valence-electron chi connectivity index (χ3n) is 3.79. The molecule has 1 atom stereocenters. The molecule has 3 rings (SSSR count). The summed E-state index contributed by atoms with van der Waals surface area (Å²) in [5.74, 6) is -0.238. The van der Waals surface area contributed by atoms with Crippen molar-refractivity contribution in [3.05, 3.63) is 76.9 Å². The van der Waals surface area contributed by atoms with Crippen LogP contribution >= 0.6 is 11.6 Å². The second-order valence-electron chi connectivity index (χ2n) is 5.48. The number of carbonyl (C=O) groups excluding carboxylic acids is 1. The largest absolute Gasteiger partial charge is 0.343 e. The normalized spacial score (nSPS) is 12.5. The molecule has 0 aliphatic carbocycles. The maximum Gasteiger partial charge on any atom is 0.252 e. The average Bonchev–Trinajstić information content (AvgIpc) is 3.21. The van der Waals surface area contributed by atoms with Crippen molar-refractivity contribution in [1.29, 1.82) is 0 Å². The van der Waals surface area contributed by atoms with Gasteiger partial charge in [0.15, 0.2) is 5.82 Å². The van der Waals surface area contributed by atoms with Gasteiger partial charge in [0.05, 0.1) is 4.90 Å². The Hall–Kier alpha value is -2.75. The molecule has 27 heavy (non-hydrogen) atoms. The second kappa shape index (κ2) is 7.87. The predicted molar refractivity (Wildman–Crippen MR) is 97.7 cm³/mol. The van der Waals surface area contributed by atoms with E-state index in [1.807, 2.05) is 0 Å². The van der Waals surface area contributed by atoms with Crippen molar-refractivity contribution >= 4 is 27.5 Å². The number of amides is 1. The summed E-state index contributed by atoms with van der Waals surface area (Å²) in [5.41, 5.74) is 0.863. The zero-order valence-electron chi connectivity index (χ0n) is 14.1. The maximum atomic E-state index is 12.7. The molecule has 2 N–H and O–H groups in total. The Morgan fingerprint density at radius 3 is 2.56 bits per heavy atom. The molecule has 140 valence electrons. The molecule has 0 aliphatic heterocycles. The van der Waals surface area contributed by atoms with Gasteiger partial charge < -0.3 is 9.84 Å². The van der Waals surface area contributed by atoms with Crippen LogP contribution in [0.15, 0.2) is 64.3 Å². The quantitative estimate of drug-likeness (QED) is 0.648. The highest BCUT2D eigenvalue weighted by atomic mass is 35.5. The number of hydrogen-bond acceptors (Lipinski definition) is 6. The number of nitrogens with one attached hydrogen (secondary N) is 2. The van der Waals surface area contributed by atoms with E-state index in [4.69, 9.17) is 16.1 Å². The van der Waals surface area contributed by atoms with Crippen LogP contribution in [0.1, 0.15) is 27.8 Å². The van der Waals surface area contributed by atoms with E-state index < -0.39 is 22.0 Å². The van der Waals surface area contributed by atoms with Crippen LogP contribution in [0, 0.1) is 0 Å². The molecule has 0 spiro atoms. The number of carbonyl (C=O) groups is 1. The highest BCUT2D eigenvalue weighted by Gasteiger charge is 2.22. The lowest BCUT2D eigenvalue weighted by molar-refractivity contribution is 0.0941. The van der Waals surface area contributed by atoms with Crippen LogP contribution in [0.3, 0.4) is 0 Å². The number of nitrogens with zero attached hydrogens (tertiary/aromatic N) is 2. The first-order valence-electron chi connectivity index (χ1n) is 7.77. The van der Waals surface area contributed by atoms with Crippen LogP contribution in [-0.2, 0) is 10.0 Å². The van der Waals surface area contributed by atoms with Gasteiger partial charge in [-0.05, 0) is 42.9 Å². The SMILES string of the molecule is CNS(=O)(=O)c1cccc(C(=O)N[C@@H](c2ccc(Cl)cc2)c2ncon2)c1. The lowest BCUT2D eigenvalue weighted by Crippen LogP contribution is -2.30. The Labute approximate surface area is 160 Å². The minimum atomic E-state index is -3.67. The first-order chi connectivity index (χ1) is 12.9. The van der Waals surface area contributed by atoms with Gasteiger partial charge in [-0.25, -0.2) is 13.1 Å². The Morgan fingerprint density at radius 2 is 1.93 bits per heavy atom. The molecular weight excluding hydrogens is 392 g/mol. The van der Waals surface area contributed by atoms with Crippen LogP contribution in [0.25, 0.3) is 0 Å². The molecule has 1 aromatic heterocycles. The van der Waals surface area contributed by atoms with Crippen LogP contribution in [0.5, 0.6) is 0 Å². The number of halogens is 1. The molecule has 10 heteroatoms. The topological polar surface area (TPSA) is 114 Å². The molecule has 1 heterocycles. The number of hydrogen-bond donors (Lipinski definition) is 2. The van der Waals surface area contributed by atoms with Gasteiger partial charge in [-0.3, -0.25) is 4.79 Å². The third kappa shape index (κ3) is 4.33. The Balaban J connectivity index is 1.92. The molecule has 0 bridgehead atoms. The van der Waals surface area contributed by atoms with E-state index in [2.05, 4.69) is 20.2 Å². The molecule has 0 saturated heterocycles. The minimum absolute atomic E-state index is 0.0137. The maximum absolute atomic E-state index is 12.7. The smallest absolute Gasteiger partial charge is 0.252 e. The lowest BCUT2D eigenvalue weighted by atomic mass is 10.1. The summed E-state index contributed by atoms with van der Waals surface area (Å²) in [6, 6.07) is 11.8. The summed E-state index contributed by atoms with van der Waals surface area (Å²) >= 11 is 5.92. The number of aromatic nitrogens is 2. The van der Waals surface area contributed by atoms with Crippen LogP contribution in [0.4, 0.5) is 0 Å². The molecule has 0 aliphatic rings. The Bertz CT molecular complexity index is 1040. The van der Waals surface area contributed by atoms with Crippen molar-refractivity contribution in [2.24, 2.45) is 0 Å². The van der Waals surface area contributed by atoms with Crippen molar-refractivity contribution in [2.45, 2.75) is 10.9 Å². The van der Waals surface area contributed by atoms with E-state index in [1.54, 1.807) is 24.3 Å². The van der Waals surface area contributed by atoms with E-state index in [9.17, 15) is 13.2 Å². The van der Waals surface area contributed by atoms with Crippen molar-refractivity contribution in [2.75, 3.05) is 7.05 Å². The van der Waals surface area contributed by atoms with Gasteiger partial charge in [0, 0.05) is 10.6 Å². The lowest BCUT2D eigenvalue weighted by Gasteiger charge is -2.16. The van der Waals surface area contributed by atoms with Crippen LogP contribution < -0.4 is 10.0 Å². The fraction of sp³-hybridized carbons (Fsp3) is 0.118. The van der Waals surface area contributed by atoms with Gasteiger partial charge in [-0.1, -0.05) is 35.0 Å². The molecule has 2 aromatic carbocycles. The molecule has 0 fully saturated rings. The summed E-state index contributed by atoms with van der Waals surface area (Å²) in [6.45, 7) is 0. The molecular formula is C17H15ClN4O4S. The summed E-state index contributed by atoms with van der Waals surface area (Å²) in [6.07, 6.45) is 1.16. The number of rotatable bonds is 6. The zero-order chi connectivity index (χ0) is 19.4. The van der Waals surface area contributed by atoms with Crippen molar-refractivity contribution in [3.63, 3.8) is 0 Å². The average molecular weight is 407 g/mol. The molecule has 0 unspecified atom stereocenters. The zero-order valence-corrected chi connectivity index (χ0v) is 15.7. The molecule has 1 amide bonds. The van der Waals surface area contributed by atoms with E-state index in [0.717, 1.165) is 6.39 Å². The fourth-order valence-electron chi connectivity index (χ4n) is 2.39. The fourth-order valence-corrected chi connectivity index (χ4v) is 3.30. The predicted octanol–water partition coefficient (Wildman–Crippen LogP) is 2.15. The molecule has 8 nitrogen and oxygen atoms in total. The van der Waals surface area contributed by atoms with Crippen molar-refractivity contribution in [1.82, 2.24) is 20.2 Å². The summed E-state index contributed by atoms with van der Waals surface area (Å²) in [5, 5.41) is 7.12. The first kappa shape index (κ1) is 19.0. The molecule has 0 saturated carbocycles. The van der Waals surface area contributed by atoms with Gasteiger partial charge in [0.25, 0.3) is 5.91 Å². The summed E-state index contributed by atoms with van der Waals surface area (Å²) < 4.78 is 30.9. The van der Waals surface area contributed by atoms with Crippen molar-refractivity contribution < 1.29 is 17.7 Å². The van der Waals surface area contributed by atoms with Crippen molar-refractivity contribution in [3.8, 4) is 0 Å². The second-order valence-corrected chi connectivity index (χ2v) is 7.81. The first-order valence-corrected chi connectivity index (χ1v) is 9.63. The van der Waals surface area contributed by atoms with Gasteiger partial charge in [0.1, 0.15) is 6.04 Å². The number of benzene rings is 2. The highest BCUT2D eigenvalue weighted by Crippen LogP contribution is 2.22. The van der Waals surface area contributed by atoms with E-state index >= 15 is 0 Å². The third-order valence-corrected chi connectivity index (χ3v) is 5.45. The Morgan fingerprint density at radius 1 is 1.19 bits per heavy atom. The van der Waals surface area contributed by atoms with Crippen LogP contribution in [0.2, 0.25) is 5.02 Å². The molecule has 3 aromatic rings. The van der Waals surface area contributed by atoms with Gasteiger partial charge in [0.2, 0.25) is 16.4 Å². The standard InChI is InChI=1S/C17H15ClN4O4S/c1-19-27(24,25)14-4-2-3-12(9-14)17(23)21-15(16-20-10-26-22-16)11-5-7-13(18)8-6-11/h2-10,15,19H,1H3,(H,21,23)/t15-/m0/s1. The minimum Gasteiger partial charge on any atom is -0.343 e. The summed E-state index contributed by atoms with van der Waals surface area (Å²) in [7, 11) is -2.37. The van der Waals surface area contributed by atoms with E-state index in [0.29, 0.717) is 10.6 Å². The van der Waals surface area contributed by atoms with Crippen LogP contribution in [-0.4, -0.2) is 31.5 Å². The van der Waals surface area contributed by atoms with Gasteiger partial charge >= 0.3 is 0 Å².